The molecule has 1 saturated carbocycles. The first-order valence-corrected chi connectivity index (χ1v) is 6.37. The number of hydrogen-bond acceptors (Lipinski definition) is 4. The van der Waals surface area contributed by atoms with Crippen molar-refractivity contribution in [1.29, 1.82) is 0 Å². The summed E-state index contributed by atoms with van der Waals surface area (Å²) in [5.41, 5.74) is -0.753. The van der Waals surface area contributed by atoms with Gasteiger partial charge >= 0.3 is 0 Å². The fourth-order valence-electron chi connectivity index (χ4n) is 2.66. The molecule has 94 valence electrons. The van der Waals surface area contributed by atoms with Crippen molar-refractivity contribution in [1.82, 2.24) is 5.32 Å². The molecule has 1 heterocycles. The minimum atomic E-state index is -0.753. The van der Waals surface area contributed by atoms with Gasteiger partial charge < -0.3 is 20.3 Å². The average molecular weight is 229 g/mol. The molecule has 0 aromatic carbocycles. The van der Waals surface area contributed by atoms with Crippen LogP contribution in [0.4, 0.5) is 0 Å². The van der Waals surface area contributed by atoms with Crippen molar-refractivity contribution in [3.8, 4) is 0 Å². The van der Waals surface area contributed by atoms with Gasteiger partial charge in [0.05, 0.1) is 12.2 Å². The molecule has 16 heavy (non-hydrogen) atoms. The summed E-state index contributed by atoms with van der Waals surface area (Å²) in [7, 11) is 0. The smallest absolute Gasteiger partial charge is 0.105 e. The predicted octanol–water partition coefficient (Wildman–Crippen LogP) is 0.419. The molecule has 1 aliphatic heterocycles. The SMILES string of the molecule is CC1OCCC1(O)CN[C@H]1CCCC[C@@H]1O. The zero-order chi connectivity index (χ0) is 11.6. The van der Waals surface area contributed by atoms with Crippen LogP contribution >= 0.6 is 0 Å². The lowest BCUT2D eigenvalue weighted by atomic mass is 9.90. The van der Waals surface area contributed by atoms with E-state index < -0.39 is 5.60 Å². The summed E-state index contributed by atoms with van der Waals surface area (Å²) in [6, 6.07) is 0.144. The Morgan fingerprint density at radius 2 is 2.12 bits per heavy atom. The van der Waals surface area contributed by atoms with Crippen molar-refractivity contribution in [2.24, 2.45) is 0 Å². The van der Waals surface area contributed by atoms with Gasteiger partial charge in [0.2, 0.25) is 0 Å². The van der Waals surface area contributed by atoms with Crippen molar-refractivity contribution in [3.63, 3.8) is 0 Å². The van der Waals surface area contributed by atoms with Crippen LogP contribution < -0.4 is 5.32 Å². The van der Waals surface area contributed by atoms with Crippen LogP contribution in [0.25, 0.3) is 0 Å². The molecule has 1 aliphatic carbocycles. The zero-order valence-corrected chi connectivity index (χ0v) is 9.98. The first kappa shape index (κ1) is 12.3. The molecule has 0 amide bonds. The Balaban J connectivity index is 1.81. The Hall–Kier alpha value is -0.160. The summed E-state index contributed by atoms with van der Waals surface area (Å²) in [5.74, 6) is 0. The number of hydrogen-bond donors (Lipinski definition) is 3. The van der Waals surface area contributed by atoms with E-state index in [0.717, 1.165) is 19.3 Å². The minimum Gasteiger partial charge on any atom is -0.392 e. The highest BCUT2D eigenvalue weighted by Crippen LogP contribution is 2.26. The monoisotopic (exact) mass is 229 g/mol. The molecular weight excluding hydrogens is 206 g/mol. The second-order valence-electron chi connectivity index (χ2n) is 5.21. The fourth-order valence-corrected chi connectivity index (χ4v) is 2.66. The molecule has 4 nitrogen and oxygen atoms in total. The first-order chi connectivity index (χ1) is 7.62. The topological polar surface area (TPSA) is 61.7 Å². The van der Waals surface area contributed by atoms with E-state index in [1.165, 1.54) is 6.42 Å². The normalized spacial score (nSPS) is 44.8. The minimum absolute atomic E-state index is 0.110. The lowest BCUT2D eigenvalue weighted by Gasteiger charge is -2.33. The van der Waals surface area contributed by atoms with Crippen LogP contribution in [-0.2, 0) is 4.74 Å². The fraction of sp³-hybridized carbons (Fsp3) is 1.00. The molecule has 3 N–H and O–H groups in total. The third-order valence-corrected chi connectivity index (χ3v) is 4.06. The largest absolute Gasteiger partial charge is 0.392 e. The molecule has 2 aliphatic rings. The van der Waals surface area contributed by atoms with Gasteiger partial charge in [0.15, 0.2) is 0 Å². The lowest BCUT2D eigenvalue weighted by Crippen LogP contribution is -2.52. The van der Waals surface area contributed by atoms with Gasteiger partial charge in [-0.1, -0.05) is 12.8 Å². The highest BCUT2D eigenvalue weighted by molar-refractivity contribution is 4.93. The standard InChI is InChI=1S/C12H23NO3/c1-9-12(15,6-7-16-9)8-13-10-4-2-3-5-11(10)14/h9-11,13-15H,2-8H2,1H3/t9?,10-,11-,12?/m0/s1. The molecule has 4 heteroatoms. The third kappa shape index (κ3) is 2.56. The first-order valence-electron chi connectivity index (χ1n) is 6.37. The number of nitrogens with one attached hydrogen (secondary N) is 1. The maximum Gasteiger partial charge on any atom is 0.105 e. The van der Waals surface area contributed by atoms with E-state index in [4.69, 9.17) is 4.74 Å². The van der Waals surface area contributed by atoms with Gasteiger partial charge in [0.1, 0.15) is 5.60 Å². The molecule has 1 saturated heterocycles. The Morgan fingerprint density at radius 3 is 2.75 bits per heavy atom. The zero-order valence-electron chi connectivity index (χ0n) is 9.98. The van der Waals surface area contributed by atoms with E-state index in [0.29, 0.717) is 19.6 Å². The second-order valence-corrected chi connectivity index (χ2v) is 5.21. The summed E-state index contributed by atoms with van der Waals surface area (Å²) >= 11 is 0. The summed E-state index contributed by atoms with van der Waals surface area (Å²) in [6.45, 7) is 3.06. The van der Waals surface area contributed by atoms with E-state index >= 15 is 0 Å². The van der Waals surface area contributed by atoms with Crippen LogP contribution in [0.1, 0.15) is 39.0 Å². The Morgan fingerprint density at radius 1 is 1.38 bits per heavy atom. The van der Waals surface area contributed by atoms with Crippen LogP contribution in [0.2, 0.25) is 0 Å². The molecule has 0 aromatic heterocycles. The summed E-state index contributed by atoms with van der Waals surface area (Å²) in [4.78, 5) is 0. The summed E-state index contributed by atoms with van der Waals surface area (Å²) in [5, 5.41) is 23.4. The van der Waals surface area contributed by atoms with E-state index in [1.807, 2.05) is 6.92 Å². The van der Waals surface area contributed by atoms with E-state index in [1.54, 1.807) is 0 Å². The van der Waals surface area contributed by atoms with Crippen molar-refractivity contribution in [2.45, 2.75) is 62.9 Å². The van der Waals surface area contributed by atoms with Crippen molar-refractivity contribution in [3.05, 3.63) is 0 Å². The number of aliphatic hydroxyl groups is 2. The Kier molecular flexibility index (Phi) is 3.85. The third-order valence-electron chi connectivity index (χ3n) is 4.06. The average Bonchev–Trinajstić information content (AvgIpc) is 2.59. The lowest BCUT2D eigenvalue weighted by molar-refractivity contribution is -0.0323. The highest BCUT2D eigenvalue weighted by atomic mass is 16.5. The van der Waals surface area contributed by atoms with E-state index in [2.05, 4.69) is 5.32 Å². The molecule has 2 unspecified atom stereocenters. The Bertz CT molecular complexity index is 236. The highest BCUT2D eigenvalue weighted by Gasteiger charge is 2.40. The van der Waals surface area contributed by atoms with Crippen molar-refractivity contribution >= 4 is 0 Å². The molecule has 2 rings (SSSR count). The Labute approximate surface area is 97.0 Å². The second kappa shape index (κ2) is 5.00. The summed E-state index contributed by atoms with van der Waals surface area (Å²) in [6.07, 6.45) is 4.48. The number of ether oxygens (including phenoxy) is 1. The van der Waals surface area contributed by atoms with Gasteiger partial charge in [-0.3, -0.25) is 0 Å². The van der Waals surface area contributed by atoms with Gasteiger partial charge in [-0.05, 0) is 19.8 Å². The van der Waals surface area contributed by atoms with Gasteiger partial charge in [-0.15, -0.1) is 0 Å². The quantitative estimate of drug-likeness (QED) is 0.656. The van der Waals surface area contributed by atoms with Gasteiger partial charge in [-0.25, -0.2) is 0 Å². The van der Waals surface area contributed by atoms with Crippen LogP contribution in [0.3, 0.4) is 0 Å². The van der Waals surface area contributed by atoms with Gasteiger partial charge in [0.25, 0.3) is 0 Å². The van der Waals surface area contributed by atoms with Crippen LogP contribution in [0.15, 0.2) is 0 Å². The molecule has 4 atom stereocenters. The van der Waals surface area contributed by atoms with Crippen LogP contribution in [0, 0.1) is 0 Å². The van der Waals surface area contributed by atoms with Crippen LogP contribution in [0.5, 0.6) is 0 Å². The summed E-state index contributed by atoms with van der Waals surface area (Å²) < 4.78 is 5.38. The molecule has 0 bridgehead atoms. The molecule has 2 fully saturated rings. The molecular formula is C12H23NO3. The van der Waals surface area contributed by atoms with Crippen molar-refractivity contribution in [2.75, 3.05) is 13.2 Å². The van der Waals surface area contributed by atoms with Gasteiger partial charge in [-0.2, -0.15) is 0 Å². The van der Waals surface area contributed by atoms with E-state index in [-0.39, 0.29) is 18.2 Å². The van der Waals surface area contributed by atoms with E-state index in [9.17, 15) is 10.2 Å². The maximum absolute atomic E-state index is 10.3. The van der Waals surface area contributed by atoms with Crippen molar-refractivity contribution < 1.29 is 14.9 Å². The maximum atomic E-state index is 10.3. The van der Waals surface area contributed by atoms with Crippen LogP contribution in [-0.4, -0.2) is 47.2 Å². The van der Waals surface area contributed by atoms with Gasteiger partial charge in [0, 0.05) is 25.6 Å². The molecule has 0 spiro atoms. The number of aliphatic hydroxyl groups excluding tert-OH is 1. The molecule has 0 aromatic rings. The predicted molar refractivity (Wildman–Crippen MR) is 61.2 cm³/mol. The number of rotatable bonds is 3. The molecule has 0 radical (unpaired) electrons.